The summed E-state index contributed by atoms with van der Waals surface area (Å²) in [5, 5.41) is 2.46. The maximum absolute atomic E-state index is 12.1. The number of fused-ring (bicyclic) bond motifs is 2. The molecule has 0 saturated carbocycles. The third-order valence-electron chi connectivity index (χ3n) is 7.34. The molecule has 3 aromatic rings. The Morgan fingerprint density at radius 1 is 1.18 bits per heavy atom. The number of aryl methyl sites for hydroxylation is 1. The zero-order valence-corrected chi connectivity index (χ0v) is 22.8. The SMILES string of the molecule is C=CC(=O)N1CCN(c2nc(OC(C)CN(C)C)nc3c2COC(c2cccc4cccc(C)c24)C3)CC1. The highest BCUT2D eigenvalue weighted by Crippen LogP contribution is 2.38. The molecule has 2 atom stereocenters. The summed E-state index contributed by atoms with van der Waals surface area (Å²) in [6, 6.07) is 13.2. The lowest BCUT2D eigenvalue weighted by molar-refractivity contribution is -0.126. The second kappa shape index (κ2) is 11.1. The van der Waals surface area contributed by atoms with Crippen molar-refractivity contribution in [1.29, 1.82) is 0 Å². The summed E-state index contributed by atoms with van der Waals surface area (Å²) < 4.78 is 12.7. The second-order valence-electron chi connectivity index (χ2n) is 10.5. The normalized spacial score (nSPS) is 18.4. The Hall–Kier alpha value is -3.49. The molecule has 1 amide bonds. The van der Waals surface area contributed by atoms with Crippen molar-refractivity contribution < 1.29 is 14.3 Å². The van der Waals surface area contributed by atoms with E-state index in [-0.39, 0.29) is 18.1 Å². The first kappa shape index (κ1) is 26.1. The van der Waals surface area contributed by atoms with Crippen LogP contribution >= 0.6 is 0 Å². The van der Waals surface area contributed by atoms with Crippen LogP contribution in [0.5, 0.6) is 6.01 Å². The van der Waals surface area contributed by atoms with Crippen LogP contribution < -0.4 is 9.64 Å². The Kier molecular flexibility index (Phi) is 7.63. The lowest BCUT2D eigenvalue weighted by Gasteiger charge is -2.37. The van der Waals surface area contributed by atoms with Gasteiger partial charge in [0.25, 0.3) is 0 Å². The Labute approximate surface area is 224 Å². The van der Waals surface area contributed by atoms with Gasteiger partial charge >= 0.3 is 6.01 Å². The summed E-state index contributed by atoms with van der Waals surface area (Å²) in [7, 11) is 4.05. The van der Waals surface area contributed by atoms with Crippen molar-refractivity contribution in [3.63, 3.8) is 0 Å². The number of likely N-dealkylation sites (N-methyl/N-ethyl adjacent to an activating group) is 1. The van der Waals surface area contributed by atoms with Crippen LogP contribution in [0.3, 0.4) is 0 Å². The maximum atomic E-state index is 12.1. The molecule has 2 aliphatic heterocycles. The predicted molar refractivity (Wildman–Crippen MR) is 150 cm³/mol. The topological polar surface area (TPSA) is 71.0 Å². The fraction of sp³-hybridized carbons (Fsp3) is 0.433. The van der Waals surface area contributed by atoms with E-state index in [1.807, 2.05) is 25.9 Å². The molecular formula is C30H37N5O3. The van der Waals surface area contributed by atoms with Crippen LogP contribution in [0, 0.1) is 6.92 Å². The van der Waals surface area contributed by atoms with Gasteiger partial charge in [-0.3, -0.25) is 4.79 Å². The summed E-state index contributed by atoms with van der Waals surface area (Å²) in [4.78, 5) is 28.0. The molecule has 38 heavy (non-hydrogen) atoms. The number of hydrogen-bond donors (Lipinski definition) is 0. The highest BCUT2D eigenvalue weighted by Gasteiger charge is 2.31. The molecule has 2 aliphatic rings. The number of benzene rings is 2. The summed E-state index contributed by atoms with van der Waals surface area (Å²) in [5.74, 6) is 0.813. The van der Waals surface area contributed by atoms with E-state index in [4.69, 9.17) is 19.4 Å². The van der Waals surface area contributed by atoms with E-state index in [0.29, 0.717) is 45.2 Å². The molecule has 3 heterocycles. The number of amides is 1. The van der Waals surface area contributed by atoms with Gasteiger partial charge in [-0.15, -0.1) is 0 Å². The van der Waals surface area contributed by atoms with Gasteiger partial charge in [-0.05, 0) is 55.9 Å². The van der Waals surface area contributed by atoms with Crippen LogP contribution in [0.1, 0.15) is 35.4 Å². The molecule has 0 bridgehead atoms. The molecule has 0 spiro atoms. The van der Waals surface area contributed by atoms with E-state index in [0.717, 1.165) is 23.6 Å². The van der Waals surface area contributed by atoms with Crippen molar-refractivity contribution in [2.75, 3.05) is 51.7 Å². The van der Waals surface area contributed by atoms with Crippen LogP contribution in [-0.2, 0) is 22.6 Å². The number of ether oxygens (including phenoxy) is 2. The van der Waals surface area contributed by atoms with Gasteiger partial charge in [0.05, 0.1) is 18.4 Å². The van der Waals surface area contributed by atoms with Crippen LogP contribution in [0.15, 0.2) is 49.1 Å². The molecule has 5 rings (SSSR count). The number of anilines is 1. The molecule has 1 fully saturated rings. The summed E-state index contributed by atoms with van der Waals surface area (Å²) in [6.07, 6.45) is 1.85. The third-order valence-corrected chi connectivity index (χ3v) is 7.34. The molecule has 200 valence electrons. The van der Waals surface area contributed by atoms with Gasteiger partial charge in [0, 0.05) is 44.7 Å². The summed E-state index contributed by atoms with van der Waals surface area (Å²) >= 11 is 0. The van der Waals surface area contributed by atoms with Gasteiger partial charge in [0.2, 0.25) is 5.91 Å². The third kappa shape index (κ3) is 5.37. The molecule has 1 saturated heterocycles. The van der Waals surface area contributed by atoms with Gasteiger partial charge < -0.3 is 24.2 Å². The molecule has 0 aliphatic carbocycles. The maximum Gasteiger partial charge on any atom is 0.318 e. The smallest absolute Gasteiger partial charge is 0.318 e. The highest BCUT2D eigenvalue weighted by atomic mass is 16.5. The standard InChI is InChI=1S/C30H37N5O3/c1-6-27(36)34-13-15-35(16-14-34)29-24-19-37-26(23-12-8-11-22-10-7-9-20(2)28(22)23)17-25(24)31-30(32-29)38-21(3)18-33(4)5/h6-12,21,26H,1,13-19H2,2-5H3. The van der Waals surface area contributed by atoms with E-state index in [2.05, 4.69) is 59.7 Å². The number of piperazine rings is 1. The molecule has 0 radical (unpaired) electrons. The fourth-order valence-corrected chi connectivity index (χ4v) is 5.57. The van der Waals surface area contributed by atoms with Gasteiger partial charge in [-0.2, -0.15) is 9.97 Å². The largest absolute Gasteiger partial charge is 0.459 e. The highest BCUT2D eigenvalue weighted by molar-refractivity contribution is 5.89. The van der Waals surface area contributed by atoms with E-state index in [9.17, 15) is 4.79 Å². The number of carbonyl (C=O) groups excluding carboxylic acids is 1. The monoisotopic (exact) mass is 515 g/mol. The lowest BCUT2D eigenvalue weighted by Crippen LogP contribution is -2.49. The minimum Gasteiger partial charge on any atom is -0.459 e. The molecular weight excluding hydrogens is 478 g/mol. The van der Waals surface area contributed by atoms with Gasteiger partial charge in [-0.1, -0.05) is 43.0 Å². The van der Waals surface area contributed by atoms with Crippen molar-refractivity contribution in [2.45, 2.75) is 39.1 Å². The molecule has 2 unspecified atom stereocenters. The van der Waals surface area contributed by atoms with E-state index >= 15 is 0 Å². The number of aromatic nitrogens is 2. The van der Waals surface area contributed by atoms with Crippen LogP contribution in [0.2, 0.25) is 0 Å². The number of rotatable bonds is 7. The first-order chi connectivity index (χ1) is 18.3. The second-order valence-corrected chi connectivity index (χ2v) is 10.5. The lowest BCUT2D eigenvalue weighted by atomic mass is 9.92. The zero-order chi connectivity index (χ0) is 26.8. The number of hydrogen-bond acceptors (Lipinski definition) is 7. The van der Waals surface area contributed by atoms with Crippen LogP contribution in [-0.4, -0.2) is 78.6 Å². The van der Waals surface area contributed by atoms with Crippen molar-refractivity contribution in [3.8, 4) is 6.01 Å². The quantitative estimate of drug-likeness (QED) is 0.442. The van der Waals surface area contributed by atoms with Crippen molar-refractivity contribution in [3.05, 3.63) is 71.4 Å². The minimum absolute atomic E-state index is 0.0348. The van der Waals surface area contributed by atoms with Crippen molar-refractivity contribution in [2.24, 2.45) is 0 Å². The van der Waals surface area contributed by atoms with E-state index < -0.39 is 0 Å². The molecule has 8 heteroatoms. The fourth-order valence-electron chi connectivity index (χ4n) is 5.57. The first-order valence-electron chi connectivity index (χ1n) is 13.3. The van der Waals surface area contributed by atoms with E-state index in [1.165, 1.54) is 28.0 Å². The van der Waals surface area contributed by atoms with Gasteiger partial charge in [-0.25, -0.2) is 0 Å². The summed E-state index contributed by atoms with van der Waals surface area (Å²) in [6.45, 7) is 11.6. The van der Waals surface area contributed by atoms with Crippen molar-refractivity contribution in [1.82, 2.24) is 19.8 Å². The van der Waals surface area contributed by atoms with Crippen LogP contribution in [0.4, 0.5) is 5.82 Å². The number of nitrogens with zero attached hydrogens (tertiary/aromatic N) is 5. The predicted octanol–water partition coefficient (Wildman–Crippen LogP) is 3.92. The molecule has 0 N–H and O–H groups in total. The van der Waals surface area contributed by atoms with Crippen molar-refractivity contribution >= 4 is 22.5 Å². The average molecular weight is 516 g/mol. The van der Waals surface area contributed by atoms with E-state index in [1.54, 1.807) is 0 Å². The Bertz CT molecular complexity index is 1330. The van der Waals surface area contributed by atoms with Gasteiger partial charge in [0.1, 0.15) is 11.9 Å². The first-order valence-corrected chi connectivity index (χ1v) is 13.3. The molecule has 1 aromatic heterocycles. The zero-order valence-electron chi connectivity index (χ0n) is 22.8. The minimum atomic E-state index is -0.107. The Morgan fingerprint density at radius 3 is 2.63 bits per heavy atom. The average Bonchev–Trinajstić information content (AvgIpc) is 2.91. The Balaban J connectivity index is 1.48. The van der Waals surface area contributed by atoms with Crippen LogP contribution in [0.25, 0.3) is 10.8 Å². The molecule has 8 nitrogen and oxygen atoms in total. The Morgan fingerprint density at radius 2 is 1.92 bits per heavy atom. The number of carbonyl (C=O) groups is 1. The summed E-state index contributed by atoms with van der Waals surface area (Å²) in [5.41, 5.74) is 4.40. The van der Waals surface area contributed by atoms with Gasteiger partial charge in [0.15, 0.2) is 0 Å². The molecule has 2 aromatic carbocycles.